The number of sulfonamides is 1. The number of aryl methyl sites for hydroxylation is 1. The molecule has 1 aromatic heterocycles. The second-order valence-corrected chi connectivity index (χ2v) is 9.22. The molecule has 3 rings (SSSR count). The zero-order valence-corrected chi connectivity index (χ0v) is 15.8. The van der Waals surface area contributed by atoms with Gasteiger partial charge in [-0.05, 0) is 38.0 Å². The molecule has 0 unspecified atom stereocenters. The maximum absolute atomic E-state index is 12.5. The number of hydrogen-bond acceptors (Lipinski definition) is 5. The largest absolute Gasteiger partial charge is 0.326 e. The third-order valence-electron chi connectivity index (χ3n) is 4.48. The molecule has 0 saturated carbocycles. The first kappa shape index (κ1) is 18.1. The quantitative estimate of drug-likeness (QED) is 0.870. The molecule has 2 aromatic rings. The molecule has 1 fully saturated rings. The molecule has 0 bridgehead atoms. The predicted molar refractivity (Wildman–Crippen MR) is 99.5 cm³/mol. The second-order valence-electron chi connectivity index (χ2n) is 6.24. The average Bonchev–Trinajstić information content (AvgIpc) is 2.88. The van der Waals surface area contributed by atoms with Crippen LogP contribution in [0.2, 0.25) is 0 Å². The van der Waals surface area contributed by atoms with Crippen molar-refractivity contribution >= 4 is 43.2 Å². The number of fused-ring (bicyclic) bond motifs is 1. The molecule has 0 spiro atoms. The number of anilines is 1. The maximum Gasteiger partial charge on any atom is 0.308 e. The summed E-state index contributed by atoms with van der Waals surface area (Å²) in [7, 11) is -3.28. The molecule has 1 amide bonds. The minimum Gasteiger partial charge on any atom is -0.326 e. The number of hydrogen-bond donors (Lipinski definition) is 1. The van der Waals surface area contributed by atoms with Crippen LogP contribution in [0.4, 0.5) is 5.69 Å². The van der Waals surface area contributed by atoms with Crippen molar-refractivity contribution in [3.63, 3.8) is 0 Å². The summed E-state index contributed by atoms with van der Waals surface area (Å²) in [5, 5.41) is 2.86. The summed E-state index contributed by atoms with van der Waals surface area (Å²) in [5.41, 5.74) is 1.48. The van der Waals surface area contributed by atoms with Gasteiger partial charge in [-0.15, -0.1) is 0 Å². The lowest BCUT2D eigenvalue weighted by atomic mass is 9.98. The topological polar surface area (TPSA) is 88.5 Å². The SMILES string of the molecule is CCn1c(=O)sc2cc(NC(=O)[C@@H]3CCCN(S(C)(=O)=O)C3)ccc21. The number of rotatable bonds is 4. The fourth-order valence-electron chi connectivity index (χ4n) is 3.15. The van der Waals surface area contributed by atoms with Crippen LogP contribution in [-0.2, 0) is 21.4 Å². The summed E-state index contributed by atoms with van der Waals surface area (Å²) in [5.74, 6) is -0.548. The van der Waals surface area contributed by atoms with Gasteiger partial charge in [0.05, 0.1) is 22.4 Å². The van der Waals surface area contributed by atoms with Crippen molar-refractivity contribution in [2.75, 3.05) is 24.7 Å². The van der Waals surface area contributed by atoms with Gasteiger partial charge in [-0.2, -0.15) is 0 Å². The average molecular weight is 383 g/mol. The van der Waals surface area contributed by atoms with Crippen molar-refractivity contribution in [3.8, 4) is 0 Å². The van der Waals surface area contributed by atoms with Crippen LogP contribution in [-0.4, -0.2) is 42.5 Å². The molecule has 1 N–H and O–H groups in total. The Hall–Kier alpha value is -1.71. The zero-order valence-electron chi connectivity index (χ0n) is 14.2. The van der Waals surface area contributed by atoms with Crippen LogP contribution in [0.15, 0.2) is 23.0 Å². The van der Waals surface area contributed by atoms with Crippen molar-refractivity contribution in [1.29, 1.82) is 0 Å². The number of piperidine rings is 1. The fraction of sp³-hybridized carbons (Fsp3) is 0.500. The number of nitrogens with zero attached hydrogens (tertiary/aromatic N) is 2. The Morgan fingerprint density at radius 2 is 2.16 bits per heavy atom. The van der Waals surface area contributed by atoms with Crippen LogP contribution < -0.4 is 10.2 Å². The third-order valence-corrected chi connectivity index (χ3v) is 6.69. The monoisotopic (exact) mass is 383 g/mol. The number of thiazole rings is 1. The van der Waals surface area contributed by atoms with Crippen molar-refractivity contribution in [3.05, 3.63) is 27.9 Å². The number of carbonyl (C=O) groups excluding carboxylic acids is 1. The normalized spacial score (nSPS) is 19.2. The minimum absolute atomic E-state index is 0.0166. The van der Waals surface area contributed by atoms with Crippen LogP contribution in [0.25, 0.3) is 10.2 Å². The number of nitrogens with one attached hydrogen (secondary N) is 1. The fourth-order valence-corrected chi connectivity index (χ4v) is 5.05. The van der Waals surface area contributed by atoms with E-state index >= 15 is 0 Å². The van der Waals surface area contributed by atoms with Crippen molar-refractivity contribution in [2.24, 2.45) is 5.92 Å². The van der Waals surface area contributed by atoms with Gasteiger partial charge >= 0.3 is 4.87 Å². The number of benzene rings is 1. The van der Waals surface area contributed by atoms with E-state index in [0.29, 0.717) is 31.6 Å². The Morgan fingerprint density at radius 3 is 2.84 bits per heavy atom. The first-order chi connectivity index (χ1) is 11.8. The first-order valence-corrected chi connectivity index (χ1v) is 10.9. The van der Waals surface area contributed by atoms with E-state index in [4.69, 9.17) is 0 Å². The van der Waals surface area contributed by atoms with Crippen LogP contribution in [0.5, 0.6) is 0 Å². The van der Waals surface area contributed by atoms with Crippen LogP contribution in [0, 0.1) is 5.92 Å². The molecule has 1 aromatic carbocycles. The molecule has 2 heterocycles. The van der Waals surface area contributed by atoms with Gasteiger partial charge in [-0.1, -0.05) is 11.3 Å². The summed E-state index contributed by atoms with van der Waals surface area (Å²) in [6.45, 7) is 3.20. The van der Waals surface area contributed by atoms with Gasteiger partial charge in [0.25, 0.3) is 0 Å². The Morgan fingerprint density at radius 1 is 1.40 bits per heavy atom. The van der Waals surface area contributed by atoms with Gasteiger partial charge in [0, 0.05) is 25.3 Å². The van der Waals surface area contributed by atoms with E-state index in [-0.39, 0.29) is 23.2 Å². The zero-order chi connectivity index (χ0) is 18.2. The maximum atomic E-state index is 12.5. The van der Waals surface area contributed by atoms with Gasteiger partial charge in [0.2, 0.25) is 15.9 Å². The van der Waals surface area contributed by atoms with E-state index in [1.54, 1.807) is 16.7 Å². The highest BCUT2D eigenvalue weighted by Gasteiger charge is 2.30. The molecule has 1 aliphatic heterocycles. The molecule has 136 valence electrons. The smallest absolute Gasteiger partial charge is 0.308 e. The highest BCUT2D eigenvalue weighted by Crippen LogP contribution is 2.24. The van der Waals surface area contributed by atoms with Crippen LogP contribution in [0.3, 0.4) is 0 Å². The summed E-state index contributed by atoms with van der Waals surface area (Å²) in [6.07, 6.45) is 2.51. The Labute approximate surface area is 150 Å². The Kier molecular flexibility index (Phi) is 4.99. The number of amides is 1. The lowest BCUT2D eigenvalue weighted by molar-refractivity contribution is -0.120. The van der Waals surface area contributed by atoms with E-state index in [2.05, 4.69) is 5.32 Å². The molecule has 0 aliphatic carbocycles. The summed E-state index contributed by atoms with van der Waals surface area (Å²) < 4.78 is 27.2. The van der Waals surface area contributed by atoms with Crippen molar-refractivity contribution in [2.45, 2.75) is 26.3 Å². The van der Waals surface area contributed by atoms with Crippen LogP contribution >= 0.6 is 11.3 Å². The molecule has 25 heavy (non-hydrogen) atoms. The number of carbonyl (C=O) groups is 1. The lowest BCUT2D eigenvalue weighted by Crippen LogP contribution is -2.43. The first-order valence-electron chi connectivity index (χ1n) is 8.19. The molecule has 0 radical (unpaired) electrons. The predicted octanol–water partition coefficient (Wildman–Crippen LogP) is 1.69. The van der Waals surface area contributed by atoms with Gasteiger partial charge in [-0.3, -0.25) is 14.2 Å². The van der Waals surface area contributed by atoms with Crippen molar-refractivity contribution in [1.82, 2.24) is 8.87 Å². The summed E-state index contributed by atoms with van der Waals surface area (Å²) in [6, 6.07) is 5.40. The molecule has 1 saturated heterocycles. The highest BCUT2D eigenvalue weighted by molar-refractivity contribution is 7.88. The van der Waals surface area contributed by atoms with E-state index < -0.39 is 10.0 Å². The van der Waals surface area contributed by atoms with E-state index in [1.165, 1.54) is 10.6 Å². The Balaban J connectivity index is 1.76. The lowest BCUT2D eigenvalue weighted by Gasteiger charge is -2.30. The van der Waals surface area contributed by atoms with E-state index in [1.807, 2.05) is 13.0 Å². The van der Waals surface area contributed by atoms with E-state index in [9.17, 15) is 18.0 Å². The molecular formula is C16H21N3O4S2. The second kappa shape index (κ2) is 6.89. The molecule has 1 aliphatic rings. The van der Waals surface area contributed by atoms with Gasteiger partial charge in [-0.25, -0.2) is 12.7 Å². The van der Waals surface area contributed by atoms with Crippen LogP contribution in [0.1, 0.15) is 19.8 Å². The Bertz CT molecular complexity index is 961. The summed E-state index contributed by atoms with van der Waals surface area (Å²) >= 11 is 1.15. The standard InChI is InChI=1S/C16H21N3O4S2/c1-3-19-13-7-6-12(9-14(13)24-16(19)21)17-15(20)11-5-4-8-18(10-11)25(2,22)23/h6-7,9,11H,3-5,8,10H2,1-2H3,(H,17,20)/t11-/m1/s1. The van der Waals surface area contributed by atoms with Crippen molar-refractivity contribution < 1.29 is 13.2 Å². The molecule has 7 nitrogen and oxygen atoms in total. The molecular weight excluding hydrogens is 362 g/mol. The van der Waals surface area contributed by atoms with Gasteiger partial charge < -0.3 is 5.32 Å². The minimum atomic E-state index is -3.28. The third kappa shape index (κ3) is 3.78. The van der Waals surface area contributed by atoms with E-state index in [0.717, 1.165) is 21.6 Å². The molecule has 9 heteroatoms. The highest BCUT2D eigenvalue weighted by atomic mass is 32.2. The van der Waals surface area contributed by atoms with Gasteiger partial charge in [0.1, 0.15) is 0 Å². The summed E-state index contributed by atoms with van der Waals surface area (Å²) in [4.78, 5) is 24.4. The number of aromatic nitrogens is 1. The molecule has 1 atom stereocenters. The van der Waals surface area contributed by atoms with Gasteiger partial charge in [0.15, 0.2) is 0 Å².